The van der Waals surface area contributed by atoms with Crippen LogP contribution >= 0.6 is 18.4 Å². The minimum Gasteiger partial charge on any atom is -0.362 e. The molecule has 1 amide bonds. The van der Waals surface area contributed by atoms with Crippen LogP contribution in [0.5, 0.6) is 0 Å². The minimum absolute atomic E-state index is 0.929. The van der Waals surface area contributed by atoms with Gasteiger partial charge in [0.25, 0.3) is 5.65 Å². The third-order valence-corrected chi connectivity index (χ3v) is 1.14. The highest BCUT2D eigenvalue weighted by Gasteiger charge is 1.96. The van der Waals surface area contributed by atoms with Gasteiger partial charge in [-0.25, -0.2) is 0 Å². The molecule has 0 aromatic heterocycles. The molecule has 36 valence electrons. The van der Waals surface area contributed by atoms with E-state index in [-0.39, 0.29) is 0 Å². The molecule has 0 spiro atoms. The molecule has 0 rings (SSSR count). The summed E-state index contributed by atoms with van der Waals surface area (Å²) in [6.45, 7) is 0. The summed E-state index contributed by atoms with van der Waals surface area (Å²) in [4.78, 5) is 9.52. The second-order valence-electron chi connectivity index (χ2n) is 0.638. The van der Waals surface area contributed by atoms with Gasteiger partial charge in [-0.2, -0.15) is 0 Å². The second kappa shape index (κ2) is 2.21. The molecule has 0 aliphatic heterocycles. The van der Waals surface area contributed by atoms with Crippen molar-refractivity contribution in [2.45, 2.75) is 0 Å². The monoisotopic (exact) mass is 127 g/mol. The van der Waals surface area contributed by atoms with E-state index in [0.29, 0.717) is 0 Å². The number of amides is 1. The van der Waals surface area contributed by atoms with E-state index in [1.165, 1.54) is 0 Å². The van der Waals surface area contributed by atoms with E-state index in [1.807, 2.05) is 0 Å². The lowest BCUT2D eigenvalue weighted by Crippen LogP contribution is -1.98. The van der Waals surface area contributed by atoms with Gasteiger partial charge in [-0.1, -0.05) is 0 Å². The lowest BCUT2D eigenvalue weighted by atomic mass is 11.5. The highest BCUT2D eigenvalue weighted by molar-refractivity contribution is 7.87. The van der Waals surface area contributed by atoms with Crippen LogP contribution in [0.15, 0.2) is 0 Å². The minimum atomic E-state index is -2.59. The average molecular weight is 127 g/mol. The molecule has 3 nitrogen and oxygen atoms in total. The summed E-state index contributed by atoms with van der Waals surface area (Å²) in [5.74, 6) is 0. The molecular weight excluding hydrogens is 124 g/mol. The lowest BCUT2D eigenvalue weighted by molar-refractivity contribution is 0.266. The standard InChI is InChI=1S/CH3ClNO2P/c2-6(5)1(3)4/h6H,(H2,3,4). The Morgan fingerprint density at radius 2 is 2.00 bits per heavy atom. The van der Waals surface area contributed by atoms with Crippen molar-refractivity contribution in [3.05, 3.63) is 0 Å². The molecule has 0 heterocycles. The Hall–Kier alpha value is -0.0100. The van der Waals surface area contributed by atoms with Crippen molar-refractivity contribution >= 4 is 24.0 Å². The third kappa shape index (κ3) is 2.24. The molecule has 0 aromatic carbocycles. The Morgan fingerprint density at radius 1 is 1.83 bits per heavy atom. The highest BCUT2D eigenvalue weighted by Crippen LogP contribution is 2.24. The summed E-state index contributed by atoms with van der Waals surface area (Å²) in [5.41, 5.74) is 3.47. The van der Waals surface area contributed by atoms with Crippen LogP contribution in [0.1, 0.15) is 0 Å². The van der Waals surface area contributed by atoms with Crippen LogP contribution in [-0.4, -0.2) is 5.65 Å². The van der Waals surface area contributed by atoms with Crippen LogP contribution in [0.3, 0.4) is 0 Å². The van der Waals surface area contributed by atoms with Gasteiger partial charge < -0.3 is 5.73 Å². The molecule has 0 aromatic rings. The van der Waals surface area contributed by atoms with Crippen molar-refractivity contribution in [2.75, 3.05) is 0 Å². The molecular formula is CH3ClNO2P. The van der Waals surface area contributed by atoms with Gasteiger partial charge in [-0.3, -0.25) is 9.36 Å². The summed E-state index contributed by atoms with van der Waals surface area (Å²) in [6, 6.07) is 0. The van der Waals surface area contributed by atoms with Gasteiger partial charge in [0.2, 0.25) is 7.15 Å². The Balaban J connectivity index is 3.57. The first-order valence-electron chi connectivity index (χ1n) is 1.14. The topological polar surface area (TPSA) is 60.2 Å². The SMILES string of the molecule is NC(=O)[PH](=O)Cl. The largest absolute Gasteiger partial charge is 0.362 e. The van der Waals surface area contributed by atoms with Gasteiger partial charge in [-0.15, -0.1) is 0 Å². The van der Waals surface area contributed by atoms with E-state index in [9.17, 15) is 9.36 Å². The maximum Gasteiger partial charge on any atom is 0.288 e. The Labute approximate surface area is 40.0 Å². The fourth-order valence-corrected chi connectivity index (χ4v) is 0. The molecule has 1 atom stereocenters. The van der Waals surface area contributed by atoms with E-state index < -0.39 is 12.8 Å². The van der Waals surface area contributed by atoms with Gasteiger partial charge in [0.05, 0.1) is 0 Å². The van der Waals surface area contributed by atoms with Crippen molar-refractivity contribution < 1.29 is 9.36 Å². The molecule has 2 N–H and O–H groups in total. The number of nitrogens with two attached hydrogens (primary N) is 1. The molecule has 6 heavy (non-hydrogen) atoms. The highest BCUT2D eigenvalue weighted by atomic mass is 35.7. The zero-order valence-electron chi connectivity index (χ0n) is 2.77. The maximum absolute atomic E-state index is 9.62. The molecule has 0 bridgehead atoms. The zero-order valence-corrected chi connectivity index (χ0v) is 4.53. The zero-order chi connectivity index (χ0) is 5.15. The van der Waals surface area contributed by atoms with E-state index in [0.717, 1.165) is 0 Å². The van der Waals surface area contributed by atoms with Gasteiger partial charge in [0.1, 0.15) is 0 Å². The molecule has 0 aliphatic rings. The van der Waals surface area contributed by atoms with Crippen molar-refractivity contribution in [1.29, 1.82) is 0 Å². The number of halogens is 1. The summed E-state index contributed by atoms with van der Waals surface area (Å²) in [6.07, 6.45) is 0. The Morgan fingerprint density at radius 3 is 2.00 bits per heavy atom. The average Bonchev–Trinajstić information content (AvgIpc) is 1.36. The summed E-state index contributed by atoms with van der Waals surface area (Å²) < 4.78 is 9.62. The predicted molar refractivity (Wildman–Crippen MR) is 24.4 cm³/mol. The maximum atomic E-state index is 9.62. The van der Waals surface area contributed by atoms with E-state index in [2.05, 4.69) is 17.0 Å². The van der Waals surface area contributed by atoms with Gasteiger partial charge in [0.15, 0.2) is 0 Å². The number of carbonyl (C=O) groups excluding carboxylic acids is 1. The fourth-order valence-electron chi connectivity index (χ4n) is 0. The van der Waals surface area contributed by atoms with Crippen molar-refractivity contribution in [3.63, 3.8) is 0 Å². The van der Waals surface area contributed by atoms with Crippen LogP contribution in [-0.2, 0) is 4.57 Å². The normalized spacial score (nSPS) is 13.5. The van der Waals surface area contributed by atoms with Crippen molar-refractivity contribution in [2.24, 2.45) is 5.73 Å². The molecule has 0 radical (unpaired) electrons. The van der Waals surface area contributed by atoms with E-state index in [1.54, 1.807) is 0 Å². The smallest absolute Gasteiger partial charge is 0.288 e. The number of primary amides is 1. The molecule has 0 aliphatic carbocycles. The van der Waals surface area contributed by atoms with E-state index >= 15 is 0 Å². The van der Waals surface area contributed by atoms with Gasteiger partial charge in [-0.05, 0) is 11.2 Å². The molecule has 5 heteroatoms. The molecule has 0 fully saturated rings. The van der Waals surface area contributed by atoms with Crippen molar-refractivity contribution in [3.8, 4) is 0 Å². The third-order valence-electron chi connectivity index (χ3n) is 0.194. The van der Waals surface area contributed by atoms with Crippen molar-refractivity contribution in [1.82, 2.24) is 0 Å². The summed E-state index contributed by atoms with van der Waals surface area (Å²) in [5, 5.41) is 0. The quantitative estimate of drug-likeness (QED) is 0.529. The molecule has 0 saturated heterocycles. The first kappa shape index (κ1) is 5.99. The number of carbonyl (C=O) groups is 1. The number of rotatable bonds is 1. The second-order valence-corrected chi connectivity index (χ2v) is 2.71. The molecule has 1 unspecified atom stereocenters. The lowest BCUT2D eigenvalue weighted by Gasteiger charge is -1.74. The molecule has 0 saturated carbocycles. The predicted octanol–water partition coefficient (Wildman–Crippen LogP) is 0.779. The summed E-state index contributed by atoms with van der Waals surface area (Å²) in [7, 11) is -2.59. The van der Waals surface area contributed by atoms with Gasteiger partial charge >= 0.3 is 0 Å². The number of hydrogen-bond donors (Lipinski definition) is 1. The van der Waals surface area contributed by atoms with Crippen LogP contribution in [0.25, 0.3) is 0 Å². The fraction of sp³-hybridized carbons (Fsp3) is 0. The van der Waals surface area contributed by atoms with Crippen LogP contribution in [0.2, 0.25) is 0 Å². The van der Waals surface area contributed by atoms with E-state index in [4.69, 9.17) is 0 Å². The van der Waals surface area contributed by atoms with Crippen LogP contribution in [0, 0.1) is 0 Å². The first-order valence-corrected chi connectivity index (χ1v) is 3.56. The Kier molecular flexibility index (Phi) is 2.21. The van der Waals surface area contributed by atoms with Gasteiger partial charge in [0, 0.05) is 0 Å². The van der Waals surface area contributed by atoms with Crippen LogP contribution < -0.4 is 5.73 Å². The summed E-state index contributed by atoms with van der Waals surface area (Å²) >= 11 is 4.68. The van der Waals surface area contributed by atoms with Crippen LogP contribution in [0.4, 0.5) is 4.79 Å². The first-order chi connectivity index (χ1) is 2.64. The Bertz CT molecular complexity index is 79.5. The number of hydrogen-bond acceptors (Lipinski definition) is 2.